The van der Waals surface area contributed by atoms with E-state index in [0.717, 1.165) is 48.1 Å². The number of nitrogens with zero attached hydrogens (tertiary/aromatic N) is 3. The number of fused-ring (bicyclic) bond motifs is 1. The smallest absolute Gasteiger partial charge is 0.208 e. The zero-order chi connectivity index (χ0) is 26.2. The van der Waals surface area contributed by atoms with Crippen LogP contribution < -0.4 is 10.0 Å². The van der Waals surface area contributed by atoms with Gasteiger partial charge in [0.25, 0.3) is 0 Å². The number of aromatic nitrogens is 3. The molecule has 0 saturated heterocycles. The second kappa shape index (κ2) is 10.3. The molecule has 1 aliphatic carbocycles. The maximum absolute atomic E-state index is 11.7. The van der Waals surface area contributed by atoms with E-state index in [1.807, 2.05) is 36.4 Å². The number of sulfonamides is 1. The summed E-state index contributed by atoms with van der Waals surface area (Å²) in [6.45, 7) is 6.52. The third-order valence-electron chi connectivity index (χ3n) is 7.55. The molecule has 1 aliphatic rings. The van der Waals surface area contributed by atoms with E-state index in [0.29, 0.717) is 5.82 Å². The highest BCUT2D eigenvalue weighted by atomic mass is 32.2. The first-order valence-corrected chi connectivity index (χ1v) is 14.8. The molecule has 0 radical (unpaired) electrons. The molecule has 1 atom stereocenters. The van der Waals surface area contributed by atoms with Crippen molar-refractivity contribution in [2.24, 2.45) is 0 Å². The van der Waals surface area contributed by atoms with Crippen LogP contribution in [0.3, 0.4) is 0 Å². The van der Waals surface area contributed by atoms with Crippen molar-refractivity contribution in [1.29, 1.82) is 0 Å². The number of hydrogen-bond acceptors (Lipinski definition) is 5. The molecule has 1 saturated carbocycles. The second-order valence-electron chi connectivity index (χ2n) is 10.2. The first-order chi connectivity index (χ1) is 17.7. The predicted molar refractivity (Wildman–Crippen MR) is 150 cm³/mol. The lowest BCUT2D eigenvalue weighted by Crippen LogP contribution is -2.39. The fourth-order valence-corrected chi connectivity index (χ4v) is 6.36. The summed E-state index contributed by atoms with van der Waals surface area (Å²) in [4.78, 5) is 10.2. The van der Waals surface area contributed by atoms with Crippen molar-refractivity contribution >= 4 is 26.9 Å². The molecule has 2 heterocycles. The van der Waals surface area contributed by atoms with E-state index >= 15 is 0 Å². The fourth-order valence-electron chi connectivity index (χ4n) is 5.52. The highest BCUT2D eigenvalue weighted by Gasteiger charge is 2.27. The van der Waals surface area contributed by atoms with Gasteiger partial charge >= 0.3 is 0 Å². The molecule has 194 valence electrons. The molecule has 2 N–H and O–H groups in total. The van der Waals surface area contributed by atoms with Gasteiger partial charge in [0.1, 0.15) is 11.5 Å². The molecule has 0 bridgehead atoms. The van der Waals surface area contributed by atoms with E-state index in [4.69, 9.17) is 9.97 Å². The summed E-state index contributed by atoms with van der Waals surface area (Å²) < 4.78 is 28.4. The molecule has 0 aliphatic heterocycles. The summed E-state index contributed by atoms with van der Waals surface area (Å²) in [5, 5.41) is 4.79. The van der Waals surface area contributed by atoms with Crippen LogP contribution in [0.5, 0.6) is 0 Å². The van der Waals surface area contributed by atoms with Gasteiger partial charge in [-0.3, -0.25) is 0 Å². The third kappa shape index (κ3) is 5.40. The minimum Gasteiger partial charge on any atom is -0.367 e. The average molecular weight is 518 g/mol. The number of anilines is 1. The largest absolute Gasteiger partial charge is 0.367 e. The van der Waals surface area contributed by atoms with Gasteiger partial charge in [-0.05, 0) is 57.6 Å². The molecule has 4 aromatic rings. The molecular formula is C29H35N5O2S. The Morgan fingerprint density at radius 2 is 1.49 bits per heavy atom. The maximum atomic E-state index is 11.7. The minimum absolute atomic E-state index is 0.00451. The standard InChI is InChI=1S/C29H35N5O2S/c1-19-20(2)34(21(3)22-11-7-5-8-12-22)29-26(19)28(31-27(32-29)23-13-9-6-10-14-23)30-24-15-17-25(18-16-24)33-37(4,35)36/h5-14,21,24-25,33H,15-18H2,1-4H3,(H,30,31,32). The van der Waals surface area contributed by atoms with Crippen LogP contribution in [0.25, 0.3) is 22.4 Å². The van der Waals surface area contributed by atoms with Crippen LogP contribution in [0.1, 0.15) is 55.5 Å². The van der Waals surface area contributed by atoms with Gasteiger partial charge in [-0.25, -0.2) is 23.1 Å². The topological polar surface area (TPSA) is 88.9 Å². The average Bonchev–Trinajstić information content (AvgIpc) is 3.14. The Morgan fingerprint density at radius 3 is 2.11 bits per heavy atom. The van der Waals surface area contributed by atoms with Crippen molar-refractivity contribution < 1.29 is 8.42 Å². The van der Waals surface area contributed by atoms with Gasteiger partial charge in [-0.15, -0.1) is 0 Å². The fraction of sp³-hybridized carbons (Fsp3) is 0.379. The minimum atomic E-state index is -3.20. The molecule has 7 nitrogen and oxygen atoms in total. The Kier molecular flexibility index (Phi) is 7.05. The summed E-state index contributed by atoms with van der Waals surface area (Å²) in [7, 11) is -3.20. The van der Waals surface area contributed by atoms with E-state index in [1.54, 1.807) is 0 Å². The van der Waals surface area contributed by atoms with E-state index in [1.165, 1.54) is 23.1 Å². The van der Waals surface area contributed by atoms with Crippen molar-refractivity contribution in [2.45, 2.75) is 64.6 Å². The lowest BCUT2D eigenvalue weighted by Gasteiger charge is -2.29. The monoisotopic (exact) mass is 517 g/mol. The Morgan fingerprint density at radius 1 is 0.892 bits per heavy atom. The zero-order valence-corrected chi connectivity index (χ0v) is 22.7. The predicted octanol–water partition coefficient (Wildman–Crippen LogP) is 5.60. The van der Waals surface area contributed by atoms with Gasteiger partial charge in [0, 0.05) is 23.3 Å². The van der Waals surface area contributed by atoms with Gasteiger partial charge in [0.15, 0.2) is 5.82 Å². The van der Waals surface area contributed by atoms with E-state index in [9.17, 15) is 8.42 Å². The van der Waals surface area contributed by atoms with Gasteiger partial charge in [-0.2, -0.15) is 0 Å². The number of benzene rings is 2. The van der Waals surface area contributed by atoms with Crippen molar-refractivity contribution in [3.8, 4) is 11.4 Å². The Balaban J connectivity index is 1.56. The molecule has 5 rings (SSSR count). The highest BCUT2D eigenvalue weighted by Crippen LogP contribution is 2.36. The first-order valence-electron chi connectivity index (χ1n) is 12.9. The summed E-state index contributed by atoms with van der Waals surface area (Å²) >= 11 is 0. The number of aryl methyl sites for hydroxylation is 1. The van der Waals surface area contributed by atoms with Crippen LogP contribution >= 0.6 is 0 Å². The molecule has 1 fully saturated rings. The number of hydrogen-bond donors (Lipinski definition) is 2. The van der Waals surface area contributed by atoms with Gasteiger partial charge in [0.2, 0.25) is 10.0 Å². The lowest BCUT2D eigenvalue weighted by atomic mass is 9.92. The highest BCUT2D eigenvalue weighted by molar-refractivity contribution is 7.88. The van der Waals surface area contributed by atoms with Crippen molar-refractivity contribution in [3.63, 3.8) is 0 Å². The van der Waals surface area contributed by atoms with Crippen molar-refractivity contribution in [2.75, 3.05) is 11.6 Å². The molecular weight excluding hydrogens is 482 g/mol. The quantitative estimate of drug-likeness (QED) is 0.333. The van der Waals surface area contributed by atoms with Crippen LogP contribution in [0.4, 0.5) is 5.82 Å². The zero-order valence-electron chi connectivity index (χ0n) is 21.9. The molecule has 1 unspecified atom stereocenters. The van der Waals surface area contributed by atoms with Crippen molar-refractivity contribution in [3.05, 3.63) is 77.5 Å². The normalized spacial score (nSPS) is 19.1. The van der Waals surface area contributed by atoms with E-state index < -0.39 is 10.0 Å². The van der Waals surface area contributed by atoms with Crippen LogP contribution in [0.15, 0.2) is 60.7 Å². The SMILES string of the molecule is Cc1c(C)n(C(C)c2ccccc2)c2nc(-c3ccccc3)nc(NC3CCC(NS(C)(=O)=O)CC3)c12. The van der Waals surface area contributed by atoms with Crippen molar-refractivity contribution in [1.82, 2.24) is 19.3 Å². The van der Waals surface area contributed by atoms with Gasteiger partial charge < -0.3 is 9.88 Å². The first kappa shape index (κ1) is 25.4. The molecule has 2 aromatic heterocycles. The Bertz CT molecular complexity index is 1490. The van der Waals surface area contributed by atoms with Crippen LogP contribution in [0.2, 0.25) is 0 Å². The number of rotatable bonds is 7. The molecule has 0 amide bonds. The summed E-state index contributed by atoms with van der Waals surface area (Å²) in [6, 6.07) is 20.9. The summed E-state index contributed by atoms with van der Waals surface area (Å²) in [5.74, 6) is 1.55. The third-order valence-corrected chi connectivity index (χ3v) is 8.31. The number of nitrogens with one attached hydrogen (secondary N) is 2. The molecule has 37 heavy (non-hydrogen) atoms. The molecule has 8 heteroatoms. The molecule has 0 spiro atoms. The Hall–Kier alpha value is -3.23. The maximum Gasteiger partial charge on any atom is 0.208 e. The molecule has 2 aromatic carbocycles. The van der Waals surface area contributed by atoms with Crippen LogP contribution in [-0.2, 0) is 10.0 Å². The van der Waals surface area contributed by atoms with Gasteiger partial charge in [0.05, 0.1) is 17.7 Å². The van der Waals surface area contributed by atoms with E-state index in [2.05, 4.69) is 59.6 Å². The van der Waals surface area contributed by atoms with Crippen LogP contribution in [-0.4, -0.2) is 41.3 Å². The van der Waals surface area contributed by atoms with E-state index in [-0.39, 0.29) is 18.1 Å². The Labute approximate surface area is 219 Å². The summed E-state index contributed by atoms with van der Waals surface area (Å²) in [6.07, 6.45) is 4.58. The second-order valence-corrected chi connectivity index (χ2v) is 12.0. The summed E-state index contributed by atoms with van der Waals surface area (Å²) in [5.41, 5.74) is 5.48. The van der Waals surface area contributed by atoms with Crippen LogP contribution in [0, 0.1) is 13.8 Å². The lowest BCUT2D eigenvalue weighted by molar-refractivity contribution is 0.388. The van der Waals surface area contributed by atoms with Gasteiger partial charge in [-0.1, -0.05) is 60.7 Å².